The molecule has 0 bridgehead atoms. The zero-order chi connectivity index (χ0) is 16.4. The van der Waals surface area contributed by atoms with Crippen LogP contribution in [0.3, 0.4) is 0 Å². The molecular formula is C17H21F3O3. The normalized spacial score (nSPS) is 19.0. The molecule has 3 rings (SSSR count). The molecule has 1 aromatic carbocycles. The molecule has 1 aromatic rings. The van der Waals surface area contributed by atoms with Gasteiger partial charge in [-0.15, -0.1) is 13.2 Å². The number of hydrogen-bond acceptors (Lipinski definition) is 3. The molecule has 23 heavy (non-hydrogen) atoms. The molecule has 2 aliphatic rings. The van der Waals surface area contributed by atoms with Gasteiger partial charge in [-0.05, 0) is 50.7 Å². The summed E-state index contributed by atoms with van der Waals surface area (Å²) in [5, 5.41) is 0. The third kappa shape index (κ3) is 4.45. The van der Waals surface area contributed by atoms with E-state index in [1.54, 1.807) is 13.0 Å². The Bertz CT molecular complexity index is 547. The van der Waals surface area contributed by atoms with Crippen LogP contribution in [-0.2, 0) is 0 Å². The molecule has 0 saturated heterocycles. The lowest BCUT2D eigenvalue weighted by Crippen LogP contribution is -2.19. The number of rotatable bonds is 6. The van der Waals surface area contributed by atoms with E-state index in [1.807, 2.05) is 0 Å². The van der Waals surface area contributed by atoms with Crippen molar-refractivity contribution in [2.75, 3.05) is 6.61 Å². The molecule has 0 atom stereocenters. The quantitative estimate of drug-likeness (QED) is 0.734. The second-order valence-electron chi connectivity index (χ2n) is 6.34. The maximum atomic E-state index is 12.7. The van der Waals surface area contributed by atoms with E-state index in [1.165, 1.54) is 6.07 Å². The maximum Gasteiger partial charge on any atom is 0.573 e. The van der Waals surface area contributed by atoms with Crippen LogP contribution in [0.4, 0.5) is 13.2 Å². The van der Waals surface area contributed by atoms with Crippen LogP contribution < -0.4 is 14.2 Å². The van der Waals surface area contributed by atoms with Gasteiger partial charge in [-0.25, -0.2) is 0 Å². The van der Waals surface area contributed by atoms with Crippen LogP contribution in [0.1, 0.15) is 44.1 Å². The minimum Gasteiger partial charge on any atom is -0.490 e. The van der Waals surface area contributed by atoms with Crippen molar-refractivity contribution in [3.63, 3.8) is 0 Å². The number of ether oxygens (including phenoxy) is 3. The highest BCUT2D eigenvalue weighted by atomic mass is 19.4. The first kappa shape index (κ1) is 16.3. The van der Waals surface area contributed by atoms with Crippen LogP contribution >= 0.6 is 0 Å². The molecule has 0 spiro atoms. The van der Waals surface area contributed by atoms with Crippen molar-refractivity contribution in [2.24, 2.45) is 5.92 Å². The summed E-state index contributed by atoms with van der Waals surface area (Å²) >= 11 is 0. The van der Waals surface area contributed by atoms with Crippen LogP contribution in [0, 0.1) is 12.8 Å². The average molecular weight is 330 g/mol. The predicted molar refractivity (Wildman–Crippen MR) is 79.0 cm³/mol. The molecule has 2 saturated carbocycles. The molecule has 128 valence electrons. The molecule has 0 aromatic heterocycles. The van der Waals surface area contributed by atoms with Gasteiger partial charge in [-0.3, -0.25) is 0 Å². The van der Waals surface area contributed by atoms with Gasteiger partial charge in [0.15, 0.2) is 11.5 Å². The first-order valence-corrected chi connectivity index (χ1v) is 8.11. The van der Waals surface area contributed by atoms with Crippen molar-refractivity contribution in [1.82, 2.24) is 0 Å². The summed E-state index contributed by atoms with van der Waals surface area (Å²) in [6.07, 6.45) is 1.69. The Balaban J connectivity index is 1.78. The van der Waals surface area contributed by atoms with Crippen molar-refractivity contribution in [3.8, 4) is 17.2 Å². The molecule has 0 unspecified atom stereocenters. The topological polar surface area (TPSA) is 27.7 Å². The van der Waals surface area contributed by atoms with Gasteiger partial charge >= 0.3 is 6.36 Å². The summed E-state index contributed by atoms with van der Waals surface area (Å²) in [5.41, 5.74) is 0.332. The lowest BCUT2D eigenvalue weighted by atomic mass is 10.1. The van der Waals surface area contributed by atoms with E-state index >= 15 is 0 Å². The summed E-state index contributed by atoms with van der Waals surface area (Å²) in [4.78, 5) is 0. The average Bonchev–Trinajstić information content (AvgIpc) is 3.13. The van der Waals surface area contributed by atoms with E-state index in [2.05, 4.69) is 4.74 Å². The molecule has 0 heterocycles. The number of alkyl halides is 3. The van der Waals surface area contributed by atoms with Gasteiger partial charge in [-0.1, -0.05) is 12.8 Å². The number of benzene rings is 1. The van der Waals surface area contributed by atoms with Crippen LogP contribution in [0.5, 0.6) is 17.2 Å². The van der Waals surface area contributed by atoms with Gasteiger partial charge in [0.25, 0.3) is 0 Å². The van der Waals surface area contributed by atoms with Crippen molar-refractivity contribution in [1.29, 1.82) is 0 Å². The Kier molecular flexibility index (Phi) is 4.60. The van der Waals surface area contributed by atoms with Gasteiger partial charge in [0.2, 0.25) is 0 Å². The lowest BCUT2D eigenvalue weighted by Gasteiger charge is -2.20. The molecule has 0 radical (unpaired) electrons. The fourth-order valence-corrected chi connectivity index (χ4v) is 2.88. The molecule has 2 fully saturated rings. The van der Waals surface area contributed by atoms with Crippen LogP contribution in [0.15, 0.2) is 12.1 Å². The predicted octanol–water partition coefficient (Wildman–Crippen LogP) is 5.00. The minimum atomic E-state index is -4.76. The molecular weight excluding hydrogens is 309 g/mol. The van der Waals surface area contributed by atoms with Crippen LogP contribution in [0.2, 0.25) is 0 Å². The highest BCUT2D eigenvalue weighted by Gasteiger charge is 2.35. The van der Waals surface area contributed by atoms with E-state index in [0.29, 0.717) is 23.8 Å². The van der Waals surface area contributed by atoms with E-state index in [-0.39, 0.29) is 17.6 Å². The van der Waals surface area contributed by atoms with Crippen molar-refractivity contribution >= 4 is 0 Å². The fraction of sp³-hybridized carbons (Fsp3) is 0.647. The SMILES string of the molecule is Cc1c(OC2CC2)ccc(OCC2CCCC2)c1OC(F)(F)F. The van der Waals surface area contributed by atoms with Crippen LogP contribution in [-0.4, -0.2) is 19.1 Å². The Morgan fingerprint density at radius 3 is 2.30 bits per heavy atom. The lowest BCUT2D eigenvalue weighted by molar-refractivity contribution is -0.275. The van der Waals surface area contributed by atoms with Gasteiger partial charge < -0.3 is 14.2 Å². The van der Waals surface area contributed by atoms with Crippen LogP contribution in [0.25, 0.3) is 0 Å². The molecule has 3 nitrogen and oxygen atoms in total. The summed E-state index contributed by atoms with van der Waals surface area (Å²) < 4.78 is 53.7. The van der Waals surface area contributed by atoms with E-state index < -0.39 is 6.36 Å². The van der Waals surface area contributed by atoms with Gasteiger partial charge in [0.05, 0.1) is 12.7 Å². The van der Waals surface area contributed by atoms with E-state index in [9.17, 15) is 13.2 Å². The van der Waals surface area contributed by atoms with Gasteiger partial charge in [0.1, 0.15) is 5.75 Å². The van der Waals surface area contributed by atoms with Crippen molar-refractivity contribution in [3.05, 3.63) is 17.7 Å². The zero-order valence-corrected chi connectivity index (χ0v) is 13.1. The van der Waals surface area contributed by atoms with Crippen molar-refractivity contribution < 1.29 is 27.4 Å². The van der Waals surface area contributed by atoms with E-state index in [4.69, 9.17) is 9.47 Å². The monoisotopic (exact) mass is 330 g/mol. The molecule has 6 heteroatoms. The maximum absolute atomic E-state index is 12.7. The Labute approximate surface area is 133 Å². The molecule has 0 amide bonds. The standard InChI is InChI=1S/C17H21F3O3/c1-11-14(22-13-6-7-13)8-9-15(16(11)23-17(18,19)20)21-10-12-4-2-3-5-12/h8-9,12-13H,2-7,10H2,1H3. The van der Waals surface area contributed by atoms with Gasteiger partial charge in [-0.2, -0.15) is 0 Å². The Morgan fingerprint density at radius 2 is 1.70 bits per heavy atom. The molecule has 2 aliphatic carbocycles. The van der Waals surface area contributed by atoms with Crippen molar-refractivity contribution in [2.45, 2.75) is 57.9 Å². The number of hydrogen-bond donors (Lipinski definition) is 0. The largest absolute Gasteiger partial charge is 0.573 e. The summed E-state index contributed by atoms with van der Waals surface area (Å²) in [6.45, 7) is 2.00. The second-order valence-corrected chi connectivity index (χ2v) is 6.34. The number of halogens is 3. The zero-order valence-electron chi connectivity index (χ0n) is 13.1. The Hall–Kier alpha value is -1.59. The minimum absolute atomic E-state index is 0.109. The van der Waals surface area contributed by atoms with Gasteiger partial charge in [0, 0.05) is 5.56 Å². The summed E-state index contributed by atoms with van der Waals surface area (Å²) in [5.74, 6) is 0.694. The molecule has 0 aliphatic heterocycles. The summed E-state index contributed by atoms with van der Waals surface area (Å²) in [7, 11) is 0. The summed E-state index contributed by atoms with van der Waals surface area (Å²) in [6, 6.07) is 3.18. The Morgan fingerprint density at radius 1 is 1.04 bits per heavy atom. The van der Waals surface area contributed by atoms with E-state index in [0.717, 1.165) is 38.5 Å². The highest BCUT2D eigenvalue weighted by Crippen LogP contribution is 2.42. The first-order chi connectivity index (χ1) is 10.9. The first-order valence-electron chi connectivity index (χ1n) is 8.11. The second kappa shape index (κ2) is 6.49. The highest BCUT2D eigenvalue weighted by molar-refractivity contribution is 5.53. The fourth-order valence-electron chi connectivity index (χ4n) is 2.88. The smallest absolute Gasteiger partial charge is 0.490 e. The third-order valence-electron chi connectivity index (χ3n) is 4.31. The molecule has 0 N–H and O–H groups in total. The third-order valence-corrected chi connectivity index (χ3v) is 4.31.